The second kappa shape index (κ2) is 17.4. The van der Waals surface area contributed by atoms with E-state index in [4.69, 9.17) is 19.6 Å². The summed E-state index contributed by atoms with van der Waals surface area (Å²) >= 11 is 0. The third kappa shape index (κ3) is 9.63. The fourth-order valence-corrected chi connectivity index (χ4v) is 8.17. The fourth-order valence-electron chi connectivity index (χ4n) is 7.65. The van der Waals surface area contributed by atoms with E-state index in [0.29, 0.717) is 23.0 Å². The van der Waals surface area contributed by atoms with E-state index in [0.717, 1.165) is 11.1 Å². The number of benzene rings is 2. The third-order valence-corrected chi connectivity index (χ3v) is 11.6. The maximum absolute atomic E-state index is 13.3. The van der Waals surface area contributed by atoms with Gasteiger partial charge < -0.3 is 40.0 Å². The van der Waals surface area contributed by atoms with Crippen LogP contribution in [-0.4, -0.2) is 59.8 Å². The van der Waals surface area contributed by atoms with Gasteiger partial charge in [-0.1, -0.05) is 116 Å². The predicted octanol–water partition coefficient (Wildman–Crippen LogP) is 7.00. The van der Waals surface area contributed by atoms with Gasteiger partial charge >= 0.3 is 17.2 Å². The highest BCUT2D eigenvalue weighted by atomic mass is 31.2. The van der Waals surface area contributed by atoms with E-state index in [1.807, 2.05) is 12.1 Å². The Kier molecular flexibility index (Phi) is 15.0. The Labute approximate surface area is 290 Å². The van der Waals surface area contributed by atoms with Gasteiger partial charge in [0.2, 0.25) is 0 Å². The monoisotopic (exact) mass is 710 g/mol. The average Bonchev–Trinajstić information content (AvgIpc) is 3.05. The number of rotatable bonds is 10. The van der Waals surface area contributed by atoms with Crippen molar-refractivity contribution in [2.45, 2.75) is 134 Å². The fraction of sp³-hybridized carbons (Fsp3) is 0.676. The molecule has 0 aromatic heterocycles. The molecule has 2 aromatic rings. The van der Waals surface area contributed by atoms with Crippen LogP contribution in [0, 0.1) is 5.41 Å². The van der Waals surface area contributed by atoms with Crippen LogP contribution >= 0.6 is 17.2 Å². The van der Waals surface area contributed by atoms with Crippen LogP contribution in [0.3, 0.4) is 0 Å². The van der Waals surface area contributed by atoms with Crippen molar-refractivity contribution in [1.82, 2.24) is 0 Å². The molecule has 8 N–H and O–H groups in total. The summed E-state index contributed by atoms with van der Waals surface area (Å²) in [5, 5.41) is 45.9. The van der Waals surface area contributed by atoms with Crippen LogP contribution < -0.4 is 0 Å². The van der Waals surface area contributed by atoms with Crippen LogP contribution in [0.2, 0.25) is 0 Å². The first kappa shape index (κ1) is 41.4. The summed E-state index contributed by atoms with van der Waals surface area (Å²) in [7, 11) is -5.22. The minimum absolute atomic E-state index is 0.315. The molecule has 11 heteroatoms. The molecule has 9 nitrogen and oxygen atoms in total. The lowest BCUT2D eigenvalue weighted by Gasteiger charge is -2.48. The van der Waals surface area contributed by atoms with Gasteiger partial charge in [0.25, 0.3) is 0 Å². The molecular formula is C37H60O9P2. The highest BCUT2D eigenvalue weighted by molar-refractivity contribution is 7.53. The van der Waals surface area contributed by atoms with Gasteiger partial charge in [0, 0.05) is 0 Å². The van der Waals surface area contributed by atoms with Gasteiger partial charge in [-0.2, -0.15) is 0 Å². The summed E-state index contributed by atoms with van der Waals surface area (Å²) in [4.78, 5) is 31.3. The van der Waals surface area contributed by atoms with Crippen LogP contribution in [0.5, 0.6) is 0 Å². The van der Waals surface area contributed by atoms with E-state index >= 15 is 0 Å². The molecule has 0 saturated heterocycles. The van der Waals surface area contributed by atoms with E-state index in [-0.39, 0.29) is 10.8 Å². The Morgan fingerprint density at radius 2 is 0.896 bits per heavy atom. The van der Waals surface area contributed by atoms with Gasteiger partial charge in [-0.05, 0) is 81.7 Å². The molecule has 48 heavy (non-hydrogen) atoms. The molecular weight excluding hydrogens is 650 g/mol. The summed E-state index contributed by atoms with van der Waals surface area (Å²) in [5.41, 5.74) is 1.87. The predicted molar refractivity (Wildman–Crippen MR) is 192 cm³/mol. The largest absolute Gasteiger partial charge is 0.395 e. The summed E-state index contributed by atoms with van der Waals surface area (Å²) in [6.07, 6.45) is 12.3. The number of hydrogen-bond donors (Lipinski definition) is 8. The molecule has 0 unspecified atom stereocenters. The molecule has 0 bridgehead atoms. The summed E-state index contributed by atoms with van der Waals surface area (Å²) in [5.74, 6) is 1.01. The lowest BCUT2D eigenvalue weighted by Crippen LogP contribution is -2.55. The Balaban J connectivity index is 0.000000804. The van der Waals surface area contributed by atoms with Crippen molar-refractivity contribution in [3.8, 4) is 0 Å². The quantitative estimate of drug-likeness (QED) is 0.121. The first-order chi connectivity index (χ1) is 22.4. The second-order valence-electron chi connectivity index (χ2n) is 15.8. The van der Waals surface area contributed by atoms with Gasteiger partial charge in [-0.15, -0.1) is 0 Å². The first-order valence-electron chi connectivity index (χ1n) is 17.3. The molecule has 2 aromatic carbocycles. The van der Waals surface area contributed by atoms with Crippen molar-refractivity contribution in [3.63, 3.8) is 0 Å². The zero-order valence-electron chi connectivity index (χ0n) is 29.7. The molecule has 0 heterocycles. The third-order valence-electron chi connectivity index (χ3n) is 10.5. The highest BCUT2D eigenvalue weighted by Gasteiger charge is 2.55. The summed E-state index contributed by atoms with van der Waals surface area (Å²) < 4.78 is 3.60. The molecule has 272 valence electrons. The standard InChI is InChI=1S/C37H56O4.H4O5P2/c1-34(2,3)32-21-28(26-13-9-7-10-14-26)17-19-30(32)37(41,36(23-38,24-39)25-40)31-20-18-29(22-33(31)35(4,5)6)27-15-11-8-12-16-27;1-6(2)5-7(3)4/h17-22,26-27,38-41H,7-16,23-25H2,1-6H3;1-4H. The normalized spacial score (nSPS) is 17.5. The van der Waals surface area contributed by atoms with E-state index in [9.17, 15) is 20.4 Å². The smallest absolute Gasteiger partial charge is 0.334 e. The lowest BCUT2D eigenvalue weighted by atomic mass is 9.60. The number of aliphatic hydroxyl groups is 4. The van der Waals surface area contributed by atoms with Crippen molar-refractivity contribution in [2.75, 3.05) is 19.8 Å². The SMILES string of the molecule is CC(C)(C)c1cc(C2CCCCC2)ccc1C(O)(c1ccc(C2CCCCC2)cc1C(C)(C)C)C(CO)(CO)CO.OP(O)OP(O)O. The van der Waals surface area contributed by atoms with E-state index in [1.54, 1.807) is 0 Å². The van der Waals surface area contributed by atoms with Crippen LogP contribution in [0.15, 0.2) is 36.4 Å². The molecule has 0 atom stereocenters. The first-order valence-corrected chi connectivity index (χ1v) is 19.7. The van der Waals surface area contributed by atoms with Crippen LogP contribution in [-0.2, 0) is 20.7 Å². The lowest BCUT2D eigenvalue weighted by molar-refractivity contribution is -0.137. The molecule has 0 aliphatic heterocycles. The zero-order chi connectivity index (χ0) is 35.9. The Morgan fingerprint density at radius 1 is 0.562 bits per heavy atom. The number of aliphatic hydroxyl groups excluding tert-OH is 3. The molecule has 2 aliphatic rings. The molecule has 2 saturated carbocycles. The minimum Gasteiger partial charge on any atom is -0.395 e. The van der Waals surface area contributed by atoms with Crippen molar-refractivity contribution in [2.24, 2.45) is 5.41 Å². The molecule has 4 rings (SSSR count). The topological polar surface area (TPSA) is 171 Å². The Hall–Kier alpha value is -1.06. The van der Waals surface area contributed by atoms with Crippen molar-refractivity contribution in [1.29, 1.82) is 0 Å². The zero-order valence-corrected chi connectivity index (χ0v) is 31.5. The number of hydrogen-bond acceptors (Lipinski definition) is 9. The van der Waals surface area contributed by atoms with Gasteiger partial charge in [0.1, 0.15) is 5.60 Å². The van der Waals surface area contributed by atoms with Crippen molar-refractivity contribution >= 4 is 17.2 Å². The molecule has 0 spiro atoms. The second-order valence-corrected chi connectivity index (χ2v) is 17.5. The average molecular weight is 711 g/mol. The van der Waals surface area contributed by atoms with Crippen LogP contribution in [0.1, 0.15) is 151 Å². The molecule has 0 radical (unpaired) electrons. The summed E-state index contributed by atoms with van der Waals surface area (Å²) in [6, 6.07) is 12.9. The maximum Gasteiger partial charge on any atom is 0.334 e. The molecule has 0 amide bonds. The van der Waals surface area contributed by atoms with Gasteiger partial charge in [0.15, 0.2) is 0 Å². The van der Waals surface area contributed by atoms with Crippen molar-refractivity contribution in [3.05, 3.63) is 69.8 Å². The Bertz CT molecular complexity index is 1190. The van der Waals surface area contributed by atoms with Gasteiger partial charge in [-0.3, -0.25) is 0 Å². The Morgan fingerprint density at radius 3 is 1.15 bits per heavy atom. The highest BCUT2D eigenvalue weighted by Crippen LogP contribution is 2.52. The van der Waals surface area contributed by atoms with Crippen LogP contribution in [0.4, 0.5) is 0 Å². The minimum atomic E-state index is -2.61. The van der Waals surface area contributed by atoms with E-state index in [2.05, 4.69) is 70.1 Å². The van der Waals surface area contributed by atoms with Crippen molar-refractivity contribution < 1.29 is 44.3 Å². The molecule has 2 fully saturated rings. The van der Waals surface area contributed by atoms with Gasteiger partial charge in [-0.25, -0.2) is 4.31 Å². The molecule has 2 aliphatic carbocycles. The summed E-state index contributed by atoms with van der Waals surface area (Å²) in [6.45, 7) is 11.3. The van der Waals surface area contributed by atoms with Gasteiger partial charge in [0.05, 0.1) is 25.2 Å². The van der Waals surface area contributed by atoms with E-state index in [1.165, 1.54) is 75.3 Å². The van der Waals surface area contributed by atoms with E-state index < -0.39 is 48.0 Å². The van der Waals surface area contributed by atoms with Crippen LogP contribution in [0.25, 0.3) is 0 Å². The maximum atomic E-state index is 13.3.